The first kappa shape index (κ1) is 10.6. The predicted molar refractivity (Wildman–Crippen MR) is 64.9 cm³/mol. The van der Waals surface area contributed by atoms with E-state index in [1.54, 1.807) is 0 Å². The SMILES string of the molecule is Cc1cc(Br)sc1CN1CCNCC1. The average molecular weight is 275 g/mol. The largest absolute Gasteiger partial charge is 0.314 e. The molecule has 1 N–H and O–H groups in total. The van der Waals surface area contributed by atoms with Gasteiger partial charge in [-0.15, -0.1) is 11.3 Å². The summed E-state index contributed by atoms with van der Waals surface area (Å²) in [5, 5.41) is 3.37. The standard InChI is InChI=1S/C10H15BrN2S/c1-8-6-10(11)14-9(8)7-13-4-2-12-3-5-13/h6,12H,2-5,7H2,1H3. The minimum Gasteiger partial charge on any atom is -0.314 e. The number of piperazine rings is 1. The predicted octanol–water partition coefficient (Wildman–Crippen LogP) is 2.22. The van der Waals surface area contributed by atoms with Gasteiger partial charge in [0.2, 0.25) is 0 Å². The highest BCUT2D eigenvalue weighted by atomic mass is 79.9. The second-order valence-electron chi connectivity index (χ2n) is 3.68. The van der Waals surface area contributed by atoms with Crippen LogP contribution in [0.15, 0.2) is 9.85 Å². The fourth-order valence-corrected chi connectivity index (χ4v) is 3.58. The molecule has 1 aromatic heterocycles. The highest BCUT2D eigenvalue weighted by Gasteiger charge is 2.12. The van der Waals surface area contributed by atoms with Gasteiger partial charge in [0, 0.05) is 37.6 Å². The lowest BCUT2D eigenvalue weighted by Gasteiger charge is -2.26. The van der Waals surface area contributed by atoms with Crippen molar-refractivity contribution in [2.24, 2.45) is 0 Å². The maximum Gasteiger partial charge on any atom is 0.0704 e. The van der Waals surface area contributed by atoms with Gasteiger partial charge in [-0.3, -0.25) is 4.90 Å². The van der Waals surface area contributed by atoms with Crippen molar-refractivity contribution in [2.45, 2.75) is 13.5 Å². The van der Waals surface area contributed by atoms with Crippen LogP contribution in [-0.2, 0) is 6.54 Å². The van der Waals surface area contributed by atoms with Crippen molar-refractivity contribution in [3.8, 4) is 0 Å². The molecular weight excluding hydrogens is 260 g/mol. The molecule has 0 aromatic carbocycles. The first-order valence-electron chi connectivity index (χ1n) is 4.93. The van der Waals surface area contributed by atoms with Gasteiger partial charge in [-0.05, 0) is 34.5 Å². The maximum absolute atomic E-state index is 3.54. The van der Waals surface area contributed by atoms with E-state index in [1.165, 1.54) is 27.3 Å². The summed E-state index contributed by atoms with van der Waals surface area (Å²) >= 11 is 5.40. The Morgan fingerprint density at radius 2 is 2.21 bits per heavy atom. The Labute approximate surface area is 97.4 Å². The van der Waals surface area contributed by atoms with Gasteiger partial charge in [0.25, 0.3) is 0 Å². The molecule has 0 aliphatic carbocycles. The molecule has 1 saturated heterocycles. The smallest absolute Gasteiger partial charge is 0.0704 e. The van der Waals surface area contributed by atoms with Crippen LogP contribution in [0.25, 0.3) is 0 Å². The van der Waals surface area contributed by atoms with E-state index in [0.717, 1.165) is 19.6 Å². The minimum absolute atomic E-state index is 1.11. The van der Waals surface area contributed by atoms with Gasteiger partial charge >= 0.3 is 0 Å². The van der Waals surface area contributed by atoms with Crippen LogP contribution in [-0.4, -0.2) is 31.1 Å². The van der Waals surface area contributed by atoms with E-state index in [9.17, 15) is 0 Å². The van der Waals surface area contributed by atoms with Crippen LogP contribution in [0.3, 0.4) is 0 Å². The molecule has 4 heteroatoms. The summed E-state index contributed by atoms with van der Waals surface area (Å²) < 4.78 is 1.25. The molecule has 0 saturated carbocycles. The first-order chi connectivity index (χ1) is 6.75. The summed E-state index contributed by atoms with van der Waals surface area (Å²) in [6.45, 7) is 7.92. The summed E-state index contributed by atoms with van der Waals surface area (Å²) in [5.41, 5.74) is 1.42. The van der Waals surface area contributed by atoms with Gasteiger partial charge in [0.05, 0.1) is 3.79 Å². The summed E-state index contributed by atoms with van der Waals surface area (Å²) in [7, 11) is 0. The molecule has 0 radical (unpaired) electrons. The molecule has 2 nitrogen and oxygen atoms in total. The number of hydrogen-bond acceptors (Lipinski definition) is 3. The molecule has 0 atom stereocenters. The lowest BCUT2D eigenvalue weighted by atomic mass is 10.2. The van der Waals surface area contributed by atoms with E-state index in [1.807, 2.05) is 11.3 Å². The van der Waals surface area contributed by atoms with Crippen LogP contribution < -0.4 is 5.32 Å². The fourth-order valence-electron chi connectivity index (χ4n) is 1.71. The quantitative estimate of drug-likeness (QED) is 0.890. The Hall–Kier alpha value is 0.1000. The van der Waals surface area contributed by atoms with Crippen LogP contribution >= 0.6 is 27.3 Å². The molecule has 1 aliphatic heterocycles. The van der Waals surface area contributed by atoms with Crippen molar-refractivity contribution in [3.63, 3.8) is 0 Å². The average Bonchev–Trinajstić information content (AvgIpc) is 2.47. The van der Waals surface area contributed by atoms with Crippen LogP contribution in [0.2, 0.25) is 0 Å². The van der Waals surface area contributed by atoms with Crippen LogP contribution in [0.4, 0.5) is 0 Å². The molecule has 2 heterocycles. The van der Waals surface area contributed by atoms with E-state index >= 15 is 0 Å². The van der Waals surface area contributed by atoms with Crippen molar-refractivity contribution in [2.75, 3.05) is 26.2 Å². The summed E-state index contributed by atoms with van der Waals surface area (Å²) in [6, 6.07) is 2.21. The molecule has 0 unspecified atom stereocenters. The molecule has 0 bridgehead atoms. The molecule has 1 fully saturated rings. The molecule has 1 aliphatic rings. The number of aryl methyl sites for hydroxylation is 1. The molecule has 2 rings (SSSR count). The number of hydrogen-bond donors (Lipinski definition) is 1. The monoisotopic (exact) mass is 274 g/mol. The molecule has 78 valence electrons. The van der Waals surface area contributed by atoms with Crippen LogP contribution in [0.5, 0.6) is 0 Å². The Morgan fingerprint density at radius 3 is 2.79 bits per heavy atom. The van der Waals surface area contributed by atoms with Crippen molar-refractivity contribution < 1.29 is 0 Å². The third-order valence-corrected chi connectivity index (χ3v) is 4.29. The van der Waals surface area contributed by atoms with Gasteiger partial charge < -0.3 is 5.32 Å². The molecule has 14 heavy (non-hydrogen) atoms. The van der Waals surface area contributed by atoms with Gasteiger partial charge in [-0.2, -0.15) is 0 Å². The Balaban J connectivity index is 1.98. The second kappa shape index (κ2) is 4.75. The second-order valence-corrected chi connectivity index (χ2v) is 6.20. The van der Waals surface area contributed by atoms with E-state index in [2.05, 4.69) is 39.1 Å². The highest BCUT2D eigenvalue weighted by molar-refractivity contribution is 9.11. The zero-order chi connectivity index (χ0) is 9.97. The lowest BCUT2D eigenvalue weighted by Crippen LogP contribution is -2.42. The third-order valence-electron chi connectivity index (χ3n) is 2.57. The summed E-state index contributed by atoms with van der Waals surface area (Å²) in [6.07, 6.45) is 0. The molecule has 1 aromatic rings. The minimum atomic E-state index is 1.11. The zero-order valence-electron chi connectivity index (χ0n) is 8.35. The molecular formula is C10H15BrN2S. The Bertz CT molecular complexity index is 305. The number of halogens is 1. The number of nitrogens with zero attached hydrogens (tertiary/aromatic N) is 1. The first-order valence-corrected chi connectivity index (χ1v) is 6.54. The Morgan fingerprint density at radius 1 is 1.50 bits per heavy atom. The number of thiophene rings is 1. The zero-order valence-corrected chi connectivity index (χ0v) is 10.7. The fraction of sp³-hybridized carbons (Fsp3) is 0.600. The lowest BCUT2D eigenvalue weighted by molar-refractivity contribution is 0.235. The van der Waals surface area contributed by atoms with E-state index in [0.29, 0.717) is 0 Å². The molecule has 0 spiro atoms. The molecule has 0 amide bonds. The maximum atomic E-state index is 3.54. The summed E-state index contributed by atoms with van der Waals surface area (Å²) in [5.74, 6) is 0. The van der Waals surface area contributed by atoms with Gasteiger partial charge in [0.1, 0.15) is 0 Å². The number of rotatable bonds is 2. The summed E-state index contributed by atoms with van der Waals surface area (Å²) in [4.78, 5) is 4.01. The van der Waals surface area contributed by atoms with Crippen molar-refractivity contribution in [1.29, 1.82) is 0 Å². The van der Waals surface area contributed by atoms with Gasteiger partial charge in [0.15, 0.2) is 0 Å². The van der Waals surface area contributed by atoms with E-state index in [4.69, 9.17) is 0 Å². The highest BCUT2D eigenvalue weighted by Crippen LogP contribution is 2.27. The normalized spacial score (nSPS) is 18.7. The van der Waals surface area contributed by atoms with Gasteiger partial charge in [-0.1, -0.05) is 0 Å². The van der Waals surface area contributed by atoms with E-state index < -0.39 is 0 Å². The third kappa shape index (κ3) is 2.57. The van der Waals surface area contributed by atoms with Crippen molar-refractivity contribution in [3.05, 3.63) is 20.3 Å². The van der Waals surface area contributed by atoms with Crippen molar-refractivity contribution >= 4 is 27.3 Å². The number of nitrogens with one attached hydrogen (secondary N) is 1. The Kier molecular flexibility index (Phi) is 3.60. The van der Waals surface area contributed by atoms with Crippen LogP contribution in [0.1, 0.15) is 10.4 Å². The van der Waals surface area contributed by atoms with Crippen molar-refractivity contribution in [1.82, 2.24) is 10.2 Å². The van der Waals surface area contributed by atoms with Gasteiger partial charge in [-0.25, -0.2) is 0 Å². The van der Waals surface area contributed by atoms with Crippen LogP contribution in [0, 0.1) is 6.92 Å². The topological polar surface area (TPSA) is 15.3 Å². The van der Waals surface area contributed by atoms with E-state index in [-0.39, 0.29) is 0 Å².